The van der Waals surface area contributed by atoms with E-state index in [1.165, 1.54) is 16.6 Å². The van der Waals surface area contributed by atoms with Crippen molar-refractivity contribution in [2.75, 3.05) is 6.54 Å². The Morgan fingerprint density at radius 3 is 2.67 bits per heavy atom. The summed E-state index contributed by atoms with van der Waals surface area (Å²) in [6.07, 6.45) is 0. The molecule has 2 aromatic rings. The van der Waals surface area contributed by atoms with Crippen molar-refractivity contribution in [3.63, 3.8) is 0 Å². The second kappa shape index (κ2) is 5.12. The van der Waals surface area contributed by atoms with Crippen LogP contribution in [0, 0.1) is 5.92 Å². The van der Waals surface area contributed by atoms with Crippen LogP contribution in [-0.2, 0) is 6.54 Å². The second-order valence-corrected chi connectivity index (χ2v) is 5.51. The monoisotopic (exact) mass is 245 g/mol. The number of hydrogen-bond donors (Lipinski definition) is 3. The number of H-pyrrole nitrogens is 1. The molecular formula is C15H23N3. The summed E-state index contributed by atoms with van der Waals surface area (Å²) in [5.41, 5.74) is 8.25. The molecule has 0 aliphatic carbocycles. The highest BCUT2D eigenvalue weighted by Gasteiger charge is 2.25. The molecule has 0 spiro atoms. The van der Waals surface area contributed by atoms with E-state index in [4.69, 9.17) is 5.73 Å². The molecule has 0 saturated heterocycles. The number of benzene rings is 1. The van der Waals surface area contributed by atoms with Crippen LogP contribution in [0.15, 0.2) is 30.3 Å². The van der Waals surface area contributed by atoms with E-state index in [0.29, 0.717) is 12.5 Å². The molecule has 0 amide bonds. The van der Waals surface area contributed by atoms with Crippen molar-refractivity contribution in [2.45, 2.75) is 32.9 Å². The van der Waals surface area contributed by atoms with E-state index in [1.54, 1.807) is 0 Å². The SMILES string of the molecule is CC(C)C(C)(CN)NCc1cc2ccccc2[nH]1. The maximum absolute atomic E-state index is 5.87. The number of aromatic nitrogens is 1. The largest absolute Gasteiger partial charge is 0.357 e. The first-order chi connectivity index (χ1) is 8.55. The summed E-state index contributed by atoms with van der Waals surface area (Å²) >= 11 is 0. The number of hydrogen-bond acceptors (Lipinski definition) is 2. The lowest BCUT2D eigenvalue weighted by Gasteiger charge is -2.33. The van der Waals surface area contributed by atoms with E-state index in [2.05, 4.69) is 55.3 Å². The van der Waals surface area contributed by atoms with Crippen molar-refractivity contribution < 1.29 is 0 Å². The molecule has 98 valence electrons. The Bertz CT molecular complexity index is 482. The van der Waals surface area contributed by atoms with Crippen LogP contribution >= 0.6 is 0 Å². The van der Waals surface area contributed by atoms with Gasteiger partial charge in [0.05, 0.1) is 0 Å². The number of nitrogens with two attached hydrogens (primary N) is 1. The highest BCUT2D eigenvalue weighted by Crippen LogP contribution is 2.18. The first-order valence-electron chi connectivity index (χ1n) is 6.57. The zero-order chi connectivity index (χ0) is 13.2. The maximum Gasteiger partial charge on any atom is 0.0456 e. The molecule has 18 heavy (non-hydrogen) atoms. The van der Waals surface area contributed by atoms with Gasteiger partial charge in [-0.2, -0.15) is 0 Å². The van der Waals surface area contributed by atoms with Crippen LogP contribution in [0.4, 0.5) is 0 Å². The maximum atomic E-state index is 5.87. The molecular weight excluding hydrogens is 222 g/mol. The molecule has 0 bridgehead atoms. The van der Waals surface area contributed by atoms with Crippen molar-refractivity contribution in [3.8, 4) is 0 Å². The predicted molar refractivity (Wildman–Crippen MR) is 77.4 cm³/mol. The van der Waals surface area contributed by atoms with Crippen LogP contribution in [-0.4, -0.2) is 17.1 Å². The lowest BCUT2D eigenvalue weighted by molar-refractivity contribution is 0.266. The fourth-order valence-electron chi connectivity index (χ4n) is 2.04. The average molecular weight is 245 g/mol. The molecule has 3 nitrogen and oxygen atoms in total. The molecule has 1 heterocycles. The quantitative estimate of drug-likeness (QED) is 0.758. The zero-order valence-electron chi connectivity index (χ0n) is 11.5. The highest BCUT2D eigenvalue weighted by molar-refractivity contribution is 5.80. The lowest BCUT2D eigenvalue weighted by Crippen LogP contribution is -2.52. The van der Waals surface area contributed by atoms with Gasteiger partial charge in [0.1, 0.15) is 0 Å². The lowest BCUT2D eigenvalue weighted by atomic mass is 9.88. The van der Waals surface area contributed by atoms with Gasteiger partial charge < -0.3 is 16.0 Å². The normalized spacial score (nSPS) is 15.2. The van der Waals surface area contributed by atoms with E-state index < -0.39 is 0 Å². The van der Waals surface area contributed by atoms with E-state index in [-0.39, 0.29) is 5.54 Å². The van der Waals surface area contributed by atoms with Gasteiger partial charge in [0.2, 0.25) is 0 Å². The van der Waals surface area contributed by atoms with Crippen molar-refractivity contribution >= 4 is 10.9 Å². The van der Waals surface area contributed by atoms with E-state index in [0.717, 1.165) is 6.54 Å². The molecule has 0 aliphatic heterocycles. The molecule has 0 radical (unpaired) electrons. The number of para-hydroxylation sites is 1. The summed E-state index contributed by atoms with van der Waals surface area (Å²) in [5.74, 6) is 0.506. The van der Waals surface area contributed by atoms with Crippen molar-refractivity contribution in [1.29, 1.82) is 0 Å². The summed E-state index contributed by atoms with van der Waals surface area (Å²) < 4.78 is 0. The molecule has 4 N–H and O–H groups in total. The summed E-state index contributed by atoms with van der Waals surface area (Å²) in [6.45, 7) is 8.04. The van der Waals surface area contributed by atoms with Gasteiger partial charge in [0.25, 0.3) is 0 Å². The molecule has 3 heteroatoms. The standard InChI is InChI=1S/C15H23N3/c1-11(2)15(3,10-16)17-9-13-8-12-6-4-5-7-14(12)18-13/h4-8,11,17-18H,9-10,16H2,1-3H3. The Labute approximate surface area is 109 Å². The van der Waals surface area contributed by atoms with Crippen LogP contribution < -0.4 is 11.1 Å². The Hall–Kier alpha value is -1.32. The van der Waals surface area contributed by atoms with Gasteiger partial charge in [-0.05, 0) is 30.4 Å². The summed E-state index contributed by atoms with van der Waals surface area (Å²) in [7, 11) is 0. The van der Waals surface area contributed by atoms with Crippen molar-refractivity contribution in [2.24, 2.45) is 11.7 Å². The minimum Gasteiger partial charge on any atom is -0.357 e. The summed E-state index contributed by atoms with van der Waals surface area (Å²) in [5, 5.41) is 4.82. The van der Waals surface area contributed by atoms with Crippen LogP contribution in [0.1, 0.15) is 26.5 Å². The molecule has 0 fully saturated rings. The smallest absolute Gasteiger partial charge is 0.0456 e. The third-order valence-corrected chi connectivity index (χ3v) is 3.97. The van der Waals surface area contributed by atoms with E-state index >= 15 is 0 Å². The highest BCUT2D eigenvalue weighted by atomic mass is 15.0. The topological polar surface area (TPSA) is 53.8 Å². The first-order valence-corrected chi connectivity index (χ1v) is 6.57. The number of rotatable bonds is 5. The third kappa shape index (κ3) is 2.57. The molecule has 0 aliphatic rings. The Morgan fingerprint density at radius 1 is 1.33 bits per heavy atom. The number of aromatic amines is 1. The Balaban J connectivity index is 2.10. The van der Waals surface area contributed by atoms with Gasteiger partial charge in [0.15, 0.2) is 0 Å². The van der Waals surface area contributed by atoms with Crippen LogP contribution in [0.3, 0.4) is 0 Å². The summed E-state index contributed by atoms with van der Waals surface area (Å²) in [4.78, 5) is 3.43. The minimum atomic E-state index is -0.0166. The van der Waals surface area contributed by atoms with Gasteiger partial charge in [0, 0.05) is 29.8 Å². The van der Waals surface area contributed by atoms with Crippen LogP contribution in [0.2, 0.25) is 0 Å². The van der Waals surface area contributed by atoms with Crippen molar-refractivity contribution in [1.82, 2.24) is 10.3 Å². The van der Waals surface area contributed by atoms with Crippen LogP contribution in [0.5, 0.6) is 0 Å². The molecule has 1 unspecified atom stereocenters. The van der Waals surface area contributed by atoms with E-state index in [9.17, 15) is 0 Å². The molecule has 1 atom stereocenters. The summed E-state index contributed by atoms with van der Waals surface area (Å²) in [6, 6.07) is 10.5. The van der Waals surface area contributed by atoms with Gasteiger partial charge in [-0.25, -0.2) is 0 Å². The number of fused-ring (bicyclic) bond motifs is 1. The fraction of sp³-hybridized carbons (Fsp3) is 0.467. The van der Waals surface area contributed by atoms with Gasteiger partial charge in [-0.15, -0.1) is 0 Å². The molecule has 1 aromatic carbocycles. The molecule has 0 saturated carbocycles. The zero-order valence-corrected chi connectivity index (χ0v) is 11.5. The Kier molecular flexibility index (Phi) is 3.73. The van der Waals surface area contributed by atoms with Gasteiger partial charge >= 0.3 is 0 Å². The fourth-order valence-corrected chi connectivity index (χ4v) is 2.04. The Morgan fingerprint density at radius 2 is 2.06 bits per heavy atom. The number of nitrogens with one attached hydrogen (secondary N) is 2. The second-order valence-electron chi connectivity index (χ2n) is 5.51. The van der Waals surface area contributed by atoms with Gasteiger partial charge in [-0.3, -0.25) is 0 Å². The molecule has 2 rings (SSSR count). The molecule has 1 aromatic heterocycles. The predicted octanol–water partition coefficient (Wildman–Crippen LogP) is 2.63. The average Bonchev–Trinajstić information content (AvgIpc) is 2.78. The van der Waals surface area contributed by atoms with Crippen LogP contribution in [0.25, 0.3) is 10.9 Å². The third-order valence-electron chi connectivity index (χ3n) is 3.97. The van der Waals surface area contributed by atoms with Crippen molar-refractivity contribution in [3.05, 3.63) is 36.0 Å². The first kappa shape index (κ1) is 13.1. The van der Waals surface area contributed by atoms with E-state index in [1.807, 2.05) is 6.07 Å². The minimum absolute atomic E-state index is 0.0166. The van der Waals surface area contributed by atoms with Gasteiger partial charge in [-0.1, -0.05) is 32.0 Å².